The minimum atomic E-state index is -3.40. The summed E-state index contributed by atoms with van der Waals surface area (Å²) < 4.78 is 29.8. The molecule has 3 aromatic carbocycles. The van der Waals surface area contributed by atoms with Crippen molar-refractivity contribution in [3.63, 3.8) is 0 Å². The molecule has 0 aliphatic carbocycles. The molecule has 1 N–H and O–H groups in total. The van der Waals surface area contributed by atoms with E-state index >= 15 is 0 Å². The average Bonchev–Trinajstić information content (AvgIpc) is 3.22. The zero-order chi connectivity index (χ0) is 25.1. The summed E-state index contributed by atoms with van der Waals surface area (Å²) in [6.45, 7) is 3.73. The molecule has 7 heteroatoms. The highest BCUT2D eigenvalue weighted by molar-refractivity contribution is 7.89. The third kappa shape index (κ3) is 5.04. The van der Waals surface area contributed by atoms with Gasteiger partial charge in [0.15, 0.2) is 0 Å². The molecule has 0 unspecified atom stereocenters. The number of aromatic nitrogens is 1. The van der Waals surface area contributed by atoms with E-state index in [0.29, 0.717) is 25.8 Å². The predicted octanol–water partition coefficient (Wildman–Crippen LogP) is 5.43. The number of nitrogens with zero attached hydrogens (tertiary/aromatic N) is 2. The van der Waals surface area contributed by atoms with E-state index in [1.807, 2.05) is 54.6 Å². The quantitative estimate of drug-likeness (QED) is 0.349. The molecule has 2 heterocycles. The number of amides is 1. The van der Waals surface area contributed by atoms with Crippen molar-refractivity contribution in [3.8, 4) is 0 Å². The Bertz CT molecular complexity index is 1480. The van der Waals surface area contributed by atoms with Crippen molar-refractivity contribution < 1.29 is 13.2 Å². The Morgan fingerprint density at radius 2 is 1.72 bits per heavy atom. The molecule has 5 rings (SSSR count). The van der Waals surface area contributed by atoms with Crippen LogP contribution in [0.25, 0.3) is 21.8 Å². The first-order valence-corrected chi connectivity index (χ1v) is 14.4. The van der Waals surface area contributed by atoms with E-state index in [2.05, 4.69) is 35.0 Å². The molecule has 1 fully saturated rings. The summed E-state index contributed by atoms with van der Waals surface area (Å²) in [5, 5.41) is 5.33. The minimum absolute atomic E-state index is 0.106. The number of hydrogen-bond acceptors (Lipinski definition) is 3. The Morgan fingerprint density at radius 3 is 2.53 bits per heavy atom. The van der Waals surface area contributed by atoms with E-state index < -0.39 is 10.0 Å². The molecule has 0 radical (unpaired) electrons. The van der Waals surface area contributed by atoms with Crippen LogP contribution in [-0.2, 0) is 27.8 Å². The van der Waals surface area contributed by atoms with Gasteiger partial charge in [-0.2, -0.15) is 0 Å². The molecule has 1 aliphatic heterocycles. The molecule has 0 saturated carbocycles. The van der Waals surface area contributed by atoms with E-state index in [1.165, 1.54) is 9.82 Å². The normalized spacial score (nSPS) is 17.0. The van der Waals surface area contributed by atoms with E-state index in [1.54, 1.807) is 0 Å². The molecule has 188 valence electrons. The first-order chi connectivity index (χ1) is 17.5. The summed E-state index contributed by atoms with van der Waals surface area (Å²) in [6, 6.07) is 24.3. The van der Waals surface area contributed by atoms with Gasteiger partial charge in [-0.05, 0) is 62.4 Å². The molecule has 1 saturated heterocycles. The van der Waals surface area contributed by atoms with Crippen LogP contribution in [0.1, 0.15) is 31.7 Å². The second-order valence-corrected chi connectivity index (χ2v) is 11.7. The smallest absolute Gasteiger partial charge is 0.228 e. The number of carbonyl (C=O) groups is 1. The fraction of sp³-hybridized carbons (Fsp3) is 0.345. The Labute approximate surface area is 213 Å². The highest BCUT2D eigenvalue weighted by Crippen LogP contribution is 2.31. The Hall–Kier alpha value is -3.16. The summed E-state index contributed by atoms with van der Waals surface area (Å²) in [4.78, 5) is 13.2. The highest BCUT2D eigenvalue weighted by Gasteiger charge is 2.32. The van der Waals surface area contributed by atoms with Crippen molar-refractivity contribution in [1.29, 1.82) is 0 Å². The van der Waals surface area contributed by atoms with Crippen LogP contribution < -0.4 is 5.32 Å². The van der Waals surface area contributed by atoms with E-state index in [-0.39, 0.29) is 24.1 Å². The number of benzene rings is 3. The van der Waals surface area contributed by atoms with Gasteiger partial charge in [0.25, 0.3) is 0 Å². The fourth-order valence-corrected chi connectivity index (χ4v) is 6.94. The van der Waals surface area contributed by atoms with Crippen LogP contribution in [0, 0.1) is 5.92 Å². The Balaban J connectivity index is 1.25. The number of nitrogens with one attached hydrogen (secondary N) is 1. The van der Waals surface area contributed by atoms with Gasteiger partial charge in [-0.15, -0.1) is 0 Å². The first kappa shape index (κ1) is 24.5. The fourth-order valence-electron chi connectivity index (χ4n) is 5.36. The lowest BCUT2D eigenvalue weighted by molar-refractivity contribution is -0.120. The molecule has 1 atom stereocenters. The molecular weight excluding hydrogens is 470 g/mol. The Kier molecular flexibility index (Phi) is 7.12. The average molecular weight is 504 g/mol. The van der Waals surface area contributed by atoms with Gasteiger partial charge in [-0.1, -0.05) is 48.5 Å². The third-order valence-corrected chi connectivity index (χ3v) is 9.14. The number of fused-ring (bicyclic) bond motifs is 3. The van der Waals surface area contributed by atoms with Crippen molar-refractivity contribution in [1.82, 2.24) is 8.87 Å². The van der Waals surface area contributed by atoms with Gasteiger partial charge in [0.2, 0.25) is 15.9 Å². The number of anilines is 1. The summed E-state index contributed by atoms with van der Waals surface area (Å²) in [6.07, 6.45) is 2.69. The second kappa shape index (κ2) is 10.4. The second-order valence-electron chi connectivity index (χ2n) is 9.58. The molecule has 1 aromatic heterocycles. The van der Waals surface area contributed by atoms with Crippen LogP contribution in [0.15, 0.2) is 72.8 Å². The van der Waals surface area contributed by atoms with Gasteiger partial charge in [0, 0.05) is 47.1 Å². The van der Waals surface area contributed by atoms with Crippen molar-refractivity contribution in [2.24, 2.45) is 5.92 Å². The summed E-state index contributed by atoms with van der Waals surface area (Å²) >= 11 is 0. The van der Waals surface area contributed by atoms with Crippen molar-refractivity contribution >= 4 is 43.4 Å². The van der Waals surface area contributed by atoms with Gasteiger partial charge >= 0.3 is 0 Å². The number of aryl methyl sites for hydroxylation is 2. The lowest BCUT2D eigenvalue weighted by Gasteiger charge is -2.31. The predicted molar refractivity (Wildman–Crippen MR) is 147 cm³/mol. The van der Waals surface area contributed by atoms with Crippen LogP contribution in [0.5, 0.6) is 0 Å². The maximum atomic E-state index is 13.2. The van der Waals surface area contributed by atoms with Gasteiger partial charge in [0.1, 0.15) is 0 Å². The molecule has 0 bridgehead atoms. The molecular formula is C29H33N3O3S. The van der Waals surface area contributed by atoms with Crippen LogP contribution in [0.4, 0.5) is 5.69 Å². The SMILES string of the molecule is CCn1c2ccccc2c2cc(NC(=O)[C@H]3CCCN(S(=O)(=O)CCCc4ccccc4)C3)ccc21. The number of para-hydroxylation sites is 1. The summed E-state index contributed by atoms with van der Waals surface area (Å²) in [7, 11) is -3.40. The van der Waals surface area contributed by atoms with Crippen LogP contribution >= 0.6 is 0 Å². The van der Waals surface area contributed by atoms with Gasteiger partial charge in [0.05, 0.1) is 11.7 Å². The third-order valence-electron chi connectivity index (χ3n) is 7.22. The lowest BCUT2D eigenvalue weighted by Crippen LogP contribution is -2.44. The number of piperidine rings is 1. The lowest BCUT2D eigenvalue weighted by atomic mass is 9.98. The topological polar surface area (TPSA) is 71.4 Å². The van der Waals surface area contributed by atoms with Crippen molar-refractivity contribution in [2.75, 3.05) is 24.2 Å². The van der Waals surface area contributed by atoms with Crippen molar-refractivity contribution in [2.45, 2.75) is 39.2 Å². The molecule has 0 spiro atoms. The molecule has 1 amide bonds. The molecule has 4 aromatic rings. The zero-order valence-electron chi connectivity index (χ0n) is 20.7. The van der Waals surface area contributed by atoms with Crippen LogP contribution in [0.3, 0.4) is 0 Å². The maximum absolute atomic E-state index is 13.2. The Morgan fingerprint density at radius 1 is 0.972 bits per heavy atom. The number of hydrogen-bond donors (Lipinski definition) is 1. The minimum Gasteiger partial charge on any atom is -0.341 e. The largest absolute Gasteiger partial charge is 0.341 e. The number of rotatable bonds is 8. The standard InChI is InChI=1S/C29H33N3O3S/c1-2-32-27-15-7-6-14-25(27)26-20-24(16-17-28(26)32)30-29(33)23-13-8-18-31(21-23)36(34,35)19-9-12-22-10-4-3-5-11-22/h3-7,10-11,14-17,20,23H,2,8-9,12-13,18-19,21H2,1H3,(H,30,33)/t23-/m0/s1. The molecule has 1 aliphatic rings. The van der Waals surface area contributed by atoms with Crippen LogP contribution in [0.2, 0.25) is 0 Å². The van der Waals surface area contributed by atoms with E-state index in [0.717, 1.165) is 40.5 Å². The zero-order valence-corrected chi connectivity index (χ0v) is 21.5. The van der Waals surface area contributed by atoms with E-state index in [4.69, 9.17) is 0 Å². The van der Waals surface area contributed by atoms with Crippen LogP contribution in [-0.4, -0.2) is 42.0 Å². The molecule has 6 nitrogen and oxygen atoms in total. The van der Waals surface area contributed by atoms with E-state index in [9.17, 15) is 13.2 Å². The van der Waals surface area contributed by atoms with Gasteiger partial charge in [-0.25, -0.2) is 12.7 Å². The van der Waals surface area contributed by atoms with Gasteiger partial charge < -0.3 is 9.88 Å². The summed E-state index contributed by atoms with van der Waals surface area (Å²) in [5.74, 6) is -0.359. The first-order valence-electron chi connectivity index (χ1n) is 12.8. The molecule has 36 heavy (non-hydrogen) atoms. The highest BCUT2D eigenvalue weighted by atomic mass is 32.2. The van der Waals surface area contributed by atoms with Crippen molar-refractivity contribution in [3.05, 3.63) is 78.4 Å². The monoisotopic (exact) mass is 503 g/mol. The number of carbonyl (C=O) groups excluding carboxylic acids is 1. The van der Waals surface area contributed by atoms with Gasteiger partial charge in [-0.3, -0.25) is 4.79 Å². The summed E-state index contributed by atoms with van der Waals surface area (Å²) in [5.41, 5.74) is 4.21. The maximum Gasteiger partial charge on any atom is 0.228 e. The number of sulfonamides is 1.